The van der Waals surface area contributed by atoms with E-state index >= 15 is 0 Å². The fraction of sp³-hybridized carbons (Fsp3) is 0.538. The van der Waals surface area contributed by atoms with Crippen molar-refractivity contribution in [2.75, 3.05) is 11.5 Å². The zero-order valence-electron chi connectivity index (χ0n) is 22.6. The summed E-state index contributed by atoms with van der Waals surface area (Å²) in [6.45, 7) is 34.9. The van der Waals surface area contributed by atoms with Gasteiger partial charge < -0.3 is 25.3 Å². The Morgan fingerprint density at radius 1 is 0.529 bits per heavy atom. The summed E-state index contributed by atoms with van der Waals surface area (Å²) in [5.41, 5.74) is 14.7. The summed E-state index contributed by atoms with van der Waals surface area (Å²) < 4.78 is 15.0. The Balaban J connectivity index is -0.0000000444. The molecule has 204 valence electrons. The molecule has 0 bridgehead atoms. The van der Waals surface area contributed by atoms with Crippen LogP contribution in [0, 0.1) is 82.5 Å². The molecule has 0 aliphatic heterocycles. The van der Waals surface area contributed by atoms with Crippen LogP contribution in [0.25, 0.3) is 0 Å². The van der Waals surface area contributed by atoms with Gasteiger partial charge in [0.15, 0.2) is 0 Å². The summed E-state index contributed by atoms with van der Waals surface area (Å²) >= 11 is 8.79. The van der Waals surface area contributed by atoms with Crippen molar-refractivity contribution in [3.63, 3.8) is 0 Å². The molecule has 0 aliphatic rings. The first-order chi connectivity index (χ1) is 13.9. The Morgan fingerprint density at radius 2 is 0.618 bits per heavy atom. The third kappa shape index (κ3) is 20.4. The predicted octanol–water partition coefficient (Wildman–Crippen LogP) is 8.16. The second-order valence-electron chi connectivity index (χ2n) is 6.83. The fourth-order valence-corrected chi connectivity index (χ4v) is 2.81. The Bertz CT molecular complexity index is 542. The molecular formula is C26H42Fe2I2O2S2-4. The smallest absolute Gasteiger partial charge is 0 e. The fourth-order valence-electron chi connectivity index (χ4n) is 2.81. The Kier molecular flexibility index (Phi) is 56.4. The van der Waals surface area contributed by atoms with Crippen molar-refractivity contribution in [3.8, 4) is 0 Å². The van der Waals surface area contributed by atoms with Gasteiger partial charge in [-0.25, -0.2) is 0 Å². The summed E-state index contributed by atoms with van der Waals surface area (Å²) in [6.07, 6.45) is 0. The molecular weight excluding hydrogens is 774 g/mol. The first-order valence-corrected chi connectivity index (χ1v) is 11.1. The van der Waals surface area contributed by atoms with Crippen molar-refractivity contribution in [1.82, 2.24) is 0 Å². The molecule has 2 aromatic carbocycles. The van der Waals surface area contributed by atoms with Gasteiger partial charge in [0.1, 0.15) is 0 Å². The summed E-state index contributed by atoms with van der Waals surface area (Å²) in [5.74, 6) is 1.67. The molecule has 0 atom stereocenters. The van der Waals surface area contributed by atoms with Crippen molar-refractivity contribution in [2.24, 2.45) is 0 Å². The van der Waals surface area contributed by atoms with Gasteiger partial charge in [-0.2, -0.15) is 67.1 Å². The average molecular weight is 816 g/mol. The molecule has 0 radical (unpaired) electrons. The van der Waals surface area contributed by atoms with Crippen LogP contribution >= 0.6 is 48.0 Å². The van der Waals surface area contributed by atoms with E-state index in [4.69, 9.17) is 9.30 Å². The molecule has 0 saturated heterocycles. The summed E-state index contributed by atoms with van der Waals surface area (Å²) in [6, 6.07) is 0. The quantitative estimate of drug-likeness (QED) is 0.0887. The number of rotatable bonds is 0. The van der Waals surface area contributed by atoms with Crippen molar-refractivity contribution < 1.29 is 43.4 Å². The molecule has 2 nitrogen and oxygen atoms in total. The standard InChI is InChI=1S/2C10H15.2C2H6S.2CO.2Fe.2HI/c2*1-6-7(2)9(4)10(5)8(6)3;2*1-2-3;2*1-2;;;;/h2*1-5H3;2*3H,2H2,1H3;;;;;2*1H/q2*-1;;;;;;;;/p-2. The van der Waals surface area contributed by atoms with Crippen LogP contribution in [0.2, 0.25) is 0 Å². The molecule has 34 heavy (non-hydrogen) atoms. The average Bonchev–Trinajstić information content (AvgIpc) is 3.03. The monoisotopic (exact) mass is 816 g/mol. The van der Waals surface area contributed by atoms with Crippen molar-refractivity contribution >= 4 is 73.2 Å². The molecule has 0 aromatic heterocycles. The van der Waals surface area contributed by atoms with E-state index in [-0.39, 0.29) is 82.1 Å². The van der Waals surface area contributed by atoms with Gasteiger partial charge in [0, 0.05) is 34.1 Å². The maximum Gasteiger partial charge on any atom is 0 e. The van der Waals surface area contributed by atoms with E-state index in [0.717, 1.165) is 11.5 Å². The largest absolute Gasteiger partial charge is 0 e. The van der Waals surface area contributed by atoms with Crippen LogP contribution < -0.4 is 0 Å². The van der Waals surface area contributed by atoms with E-state index in [1.807, 2.05) is 13.8 Å². The van der Waals surface area contributed by atoms with Crippen LogP contribution in [0.15, 0.2) is 0 Å². The van der Waals surface area contributed by atoms with Crippen molar-refractivity contribution in [2.45, 2.75) is 83.1 Å². The van der Waals surface area contributed by atoms with E-state index in [9.17, 15) is 0 Å². The molecule has 0 fully saturated rings. The maximum atomic E-state index is 7.50. The zero-order chi connectivity index (χ0) is 25.2. The molecule has 0 heterocycles. The zero-order valence-corrected chi connectivity index (χ0v) is 31.1. The summed E-state index contributed by atoms with van der Waals surface area (Å²) in [5, 5.41) is 0. The third-order valence-corrected chi connectivity index (χ3v) is 5.62. The van der Waals surface area contributed by atoms with E-state index < -0.39 is 0 Å². The van der Waals surface area contributed by atoms with Gasteiger partial charge in [0.05, 0.1) is 0 Å². The Labute approximate surface area is 277 Å². The van der Waals surface area contributed by atoms with Gasteiger partial charge in [-0.15, -0.1) is 48.0 Å². The normalized spacial score (nSPS) is 7.35. The van der Waals surface area contributed by atoms with Gasteiger partial charge >= 0.3 is 22.6 Å². The van der Waals surface area contributed by atoms with E-state index in [1.54, 1.807) is 0 Å². The van der Waals surface area contributed by atoms with Gasteiger partial charge in [0.2, 0.25) is 0 Å². The molecule has 0 spiro atoms. The molecule has 2 rings (SSSR count). The first-order valence-electron chi connectivity index (χ1n) is 9.90. The molecule has 8 heteroatoms. The topological polar surface area (TPSA) is 39.8 Å². The first kappa shape index (κ1) is 55.8. The van der Waals surface area contributed by atoms with E-state index in [1.165, 1.54) is 55.6 Å². The maximum absolute atomic E-state index is 7.50. The molecule has 0 unspecified atom stereocenters. The second-order valence-corrected chi connectivity index (χ2v) is 7.98. The van der Waals surface area contributed by atoms with Crippen LogP contribution in [0.1, 0.15) is 69.5 Å². The van der Waals surface area contributed by atoms with Crippen LogP contribution in [0.5, 0.6) is 0 Å². The minimum Gasteiger partial charge on any atom is 0 e. The van der Waals surface area contributed by atoms with Gasteiger partial charge in [0.25, 0.3) is 0 Å². The third-order valence-electron chi connectivity index (χ3n) is 5.62. The summed E-state index contributed by atoms with van der Waals surface area (Å²) in [7, 11) is 0. The van der Waals surface area contributed by atoms with Crippen molar-refractivity contribution in [1.29, 1.82) is 0 Å². The SMILES string of the molecule is CC[S-].CC[S-].Cc1c(C)c(C)[c-](C)c1C.Cc1c(C)c(C)[c-](C)c1C.I.I.[C-]#[O+].[C-]#[O+].[Fe].[Fe]. The van der Waals surface area contributed by atoms with Crippen LogP contribution in [0.4, 0.5) is 0 Å². The Hall–Kier alpha value is 1.38. The molecule has 2 aromatic rings. The molecule has 0 amide bonds. The Morgan fingerprint density at radius 3 is 0.647 bits per heavy atom. The molecule has 0 saturated carbocycles. The predicted molar refractivity (Wildman–Crippen MR) is 166 cm³/mol. The number of hydrogen-bond acceptors (Lipinski definition) is 2. The van der Waals surface area contributed by atoms with Crippen LogP contribution in [-0.2, 0) is 68.7 Å². The van der Waals surface area contributed by atoms with E-state index in [2.05, 4.69) is 108 Å². The minimum absolute atomic E-state index is 0. The van der Waals surface area contributed by atoms with Crippen LogP contribution in [0.3, 0.4) is 0 Å². The van der Waals surface area contributed by atoms with Gasteiger partial charge in [-0.1, -0.05) is 83.1 Å². The van der Waals surface area contributed by atoms with E-state index in [0.29, 0.717) is 0 Å². The van der Waals surface area contributed by atoms with Crippen LogP contribution in [-0.4, -0.2) is 11.5 Å². The number of hydrogen-bond donors (Lipinski definition) is 0. The molecule has 0 N–H and O–H groups in total. The summed E-state index contributed by atoms with van der Waals surface area (Å²) in [4.78, 5) is 0. The van der Waals surface area contributed by atoms with Gasteiger partial charge in [-0.05, 0) is 0 Å². The number of halogens is 2. The molecule has 0 aliphatic carbocycles. The minimum atomic E-state index is 0. The second kappa shape index (κ2) is 34.4. The van der Waals surface area contributed by atoms with Crippen molar-refractivity contribution in [3.05, 3.63) is 68.9 Å². The van der Waals surface area contributed by atoms with Gasteiger partial charge in [-0.3, -0.25) is 0 Å².